The molecule has 1 aliphatic rings. The molecule has 3 heterocycles. The van der Waals surface area contributed by atoms with Crippen molar-refractivity contribution in [2.75, 3.05) is 13.1 Å². The van der Waals surface area contributed by atoms with Gasteiger partial charge in [0.2, 0.25) is 10.0 Å². The highest BCUT2D eigenvalue weighted by Gasteiger charge is 2.31. The van der Waals surface area contributed by atoms with Crippen LogP contribution in [0.4, 0.5) is 0 Å². The second-order valence-electron chi connectivity index (χ2n) is 6.11. The Morgan fingerprint density at radius 3 is 2.74 bits per heavy atom. The largest absolute Gasteiger partial charge is 0.336 e. The molecule has 23 heavy (non-hydrogen) atoms. The first kappa shape index (κ1) is 16.4. The van der Waals surface area contributed by atoms with E-state index >= 15 is 0 Å². The summed E-state index contributed by atoms with van der Waals surface area (Å²) in [5.41, 5.74) is 7.01. The van der Waals surface area contributed by atoms with E-state index in [1.807, 2.05) is 13.8 Å². The minimum Gasteiger partial charge on any atom is -0.336 e. The van der Waals surface area contributed by atoms with Crippen LogP contribution in [-0.2, 0) is 16.4 Å². The van der Waals surface area contributed by atoms with E-state index in [0.717, 1.165) is 18.5 Å². The Balaban J connectivity index is 1.88. The summed E-state index contributed by atoms with van der Waals surface area (Å²) in [6.45, 7) is 4.91. The molecule has 0 saturated carbocycles. The Bertz CT molecular complexity index is 792. The van der Waals surface area contributed by atoms with Gasteiger partial charge in [-0.25, -0.2) is 13.4 Å². The van der Waals surface area contributed by atoms with Gasteiger partial charge in [0, 0.05) is 19.1 Å². The minimum atomic E-state index is -3.54. The second-order valence-corrected chi connectivity index (χ2v) is 8.05. The fraction of sp³-hybridized carbons (Fsp3) is 0.600. The van der Waals surface area contributed by atoms with Crippen molar-refractivity contribution in [2.24, 2.45) is 11.7 Å². The van der Waals surface area contributed by atoms with Crippen LogP contribution in [0.3, 0.4) is 0 Å². The molecular formula is C15H22N4O3S. The molecule has 7 nitrogen and oxygen atoms in total. The van der Waals surface area contributed by atoms with E-state index in [9.17, 15) is 8.42 Å². The molecule has 2 aromatic rings. The maximum atomic E-state index is 12.8. The Kier molecular flexibility index (Phi) is 4.39. The fourth-order valence-corrected chi connectivity index (χ4v) is 4.49. The van der Waals surface area contributed by atoms with Crippen molar-refractivity contribution in [3.63, 3.8) is 0 Å². The van der Waals surface area contributed by atoms with Crippen LogP contribution in [0.2, 0.25) is 0 Å². The molecule has 1 atom stereocenters. The number of pyridine rings is 1. The molecular weight excluding hydrogens is 316 g/mol. The van der Waals surface area contributed by atoms with Crippen molar-refractivity contribution in [3.8, 4) is 0 Å². The van der Waals surface area contributed by atoms with Crippen molar-refractivity contribution < 1.29 is 12.9 Å². The third-order valence-electron chi connectivity index (χ3n) is 4.59. The van der Waals surface area contributed by atoms with Crippen molar-refractivity contribution in [1.82, 2.24) is 14.4 Å². The number of aromatic nitrogens is 2. The highest BCUT2D eigenvalue weighted by atomic mass is 32.2. The second kappa shape index (κ2) is 6.18. The summed E-state index contributed by atoms with van der Waals surface area (Å²) >= 11 is 0. The van der Waals surface area contributed by atoms with Gasteiger partial charge < -0.3 is 10.3 Å². The average Bonchev–Trinajstić information content (AvgIpc) is 2.97. The van der Waals surface area contributed by atoms with E-state index in [1.54, 1.807) is 6.07 Å². The number of hydrogen-bond acceptors (Lipinski definition) is 6. The summed E-state index contributed by atoms with van der Waals surface area (Å²) in [5.74, 6) is 0.381. The zero-order valence-electron chi connectivity index (χ0n) is 13.4. The number of nitrogens with two attached hydrogens (primary N) is 1. The van der Waals surface area contributed by atoms with Gasteiger partial charge in [0.1, 0.15) is 4.90 Å². The predicted molar refractivity (Wildman–Crippen MR) is 86.3 cm³/mol. The summed E-state index contributed by atoms with van der Waals surface area (Å²) in [7, 11) is -3.54. The molecule has 1 aliphatic heterocycles. The van der Waals surface area contributed by atoms with Gasteiger partial charge in [-0.2, -0.15) is 4.31 Å². The normalized spacial score (nSPS) is 19.3. The van der Waals surface area contributed by atoms with E-state index in [4.69, 9.17) is 10.3 Å². The molecule has 0 aromatic carbocycles. The summed E-state index contributed by atoms with van der Waals surface area (Å²) < 4.78 is 32.3. The molecule has 8 heteroatoms. The SMILES string of the molecule is CCc1noc2ncc(S(=O)(=O)N3CCC(C(C)N)CC3)cc12. The molecule has 1 fully saturated rings. The standard InChI is InChI=1S/C15H22N4O3S/c1-3-14-13-8-12(9-17-15(13)22-18-14)23(20,21)19-6-4-11(5-7-19)10(2)16/h8-11H,3-7,16H2,1-2H3. The van der Waals surface area contributed by atoms with Crippen molar-refractivity contribution in [2.45, 2.75) is 44.0 Å². The van der Waals surface area contributed by atoms with Gasteiger partial charge in [-0.3, -0.25) is 0 Å². The van der Waals surface area contributed by atoms with Crippen molar-refractivity contribution in [1.29, 1.82) is 0 Å². The zero-order valence-corrected chi connectivity index (χ0v) is 14.2. The van der Waals surface area contributed by atoms with Gasteiger partial charge in [-0.05, 0) is 38.2 Å². The number of piperidine rings is 1. The lowest BCUT2D eigenvalue weighted by Crippen LogP contribution is -2.42. The van der Waals surface area contributed by atoms with Gasteiger partial charge in [-0.15, -0.1) is 0 Å². The Hall–Kier alpha value is -1.51. The quantitative estimate of drug-likeness (QED) is 0.907. The third-order valence-corrected chi connectivity index (χ3v) is 6.46. The van der Waals surface area contributed by atoms with Crippen LogP contribution >= 0.6 is 0 Å². The number of aryl methyl sites for hydroxylation is 1. The van der Waals surface area contributed by atoms with Crippen molar-refractivity contribution in [3.05, 3.63) is 18.0 Å². The van der Waals surface area contributed by atoms with Crippen LogP contribution in [0, 0.1) is 5.92 Å². The van der Waals surface area contributed by atoms with E-state index in [0.29, 0.717) is 36.5 Å². The number of rotatable bonds is 4. The van der Waals surface area contributed by atoms with E-state index < -0.39 is 10.0 Å². The first-order valence-corrected chi connectivity index (χ1v) is 9.37. The molecule has 2 N–H and O–H groups in total. The Morgan fingerprint density at radius 2 is 2.13 bits per heavy atom. The van der Waals surface area contributed by atoms with Crippen LogP contribution < -0.4 is 5.73 Å². The molecule has 0 radical (unpaired) electrons. The molecule has 0 bridgehead atoms. The topological polar surface area (TPSA) is 102 Å². The zero-order chi connectivity index (χ0) is 16.6. The van der Waals surface area contributed by atoms with Gasteiger partial charge in [-0.1, -0.05) is 12.1 Å². The van der Waals surface area contributed by atoms with Crippen LogP contribution in [0.1, 0.15) is 32.4 Å². The van der Waals surface area contributed by atoms with E-state index in [-0.39, 0.29) is 10.9 Å². The van der Waals surface area contributed by atoms with E-state index in [1.165, 1.54) is 10.5 Å². The summed E-state index contributed by atoms with van der Waals surface area (Å²) in [4.78, 5) is 4.30. The monoisotopic (exact) mass is 338 g/mol. The minimum absolute atomic E-state index is 0.0991. The van der Waals surface area contributed by atoms with Gasteiger partial charge >= 0.3 is 0 Å². The van der Waals surface area contributed by atoms with Crippen LogP contribution in [0.15, 0.2) is 21.7 Å². The highest BCUT2D eigenvalue weighted by molar-refractivity contribution is 7.89. The Morgan fingerprint density at radius 1 is 1.43 bits per heavy atom. The molecule has 2 aromatic heterocycles. The number of nitrogens with zero attached hydrogens (tertiary/aromatic N) is 3. The third kappa shape index (κ3) is 2.98. The molecule has 0 aliphatic carbocycles. The van der Waals surface area contributed by atoms with Crippen molar-refractivity contribution >= 4 is 21.1 Å². The van der Waals surface area contributed by atoms with Crippen LogP contribution in [0.25, 0.3) is 11.1 Å². The number of fused-ring (bicyclic) bond motifs is 1. The lowest BCUT2D eigenvalue weighted by atomic mass is 9.92. The average molecular weight is 338 g/mol. The highest BCUT2D eigenvalue weighted by Crippen LogP contribution is 2.27. The van der Waals surface area contributed by atoms with Gasteiger partial charge in [0.25, 0.3) is 5.71 Å². The molecule has 1 unspecified atom stereocenters. The molecule has 0 amide bonds. The lowest BCUT2D eigenvalue weighted by Gasteiger charge is -2.32. The fourth-order valence-electron chi connectivity index (χ4n) is 3.05. The molecule has 3 rings (SSSR count). The molecule has 0 spiro atoms. The van der Waals surface area contributed by atoms with Crippen LogP contribution in [-0.4, -0.2) is 42.0 Å². The molecule has 126 valence electrons. The summed E-state index contributed by atoms with van der Waals surface area (Å²) in [6.07, 6.45) is 3.60. The number of sulfonamides is 1. The predicted octanol–water partition coefficient (Wildman–Crippen LogP) is 1.53. The first-order valence-electron chi connectivity index (χ1n) is 7.93. The molecule has 1 saturated heterocycles. The smallest absolute Gasteiger partial charge is 0.258 e. The lowest BCUT2D eigenvalue weighted by molar-refractivity contribution is 0.250. The Labute approximate surface area is 135 Å². The summed E-state index contributed by atoms with van der Waals surface area (Å²) in [6, 6.07) is 1.71. The maximum Gasteiger partial charge on any atom is 0.258 e. The maximum absolute atomic E-state index is 12.8. The van der Waals surface area contributed by atoms with Gasteiger partial charge in [0.15, 0.2) is 0 Å². The van der Waals surface area contributed by atoms with Crippen LogP contribution in [0.5, 0.6) is 0 Å². The first-order chi connectivity index (χ1) is 10.9. The van der Waals surface area contributed by atoms with Gasteiger partial charge in [0.05, 0.1) is 17.3 Å². The number of hydrogen-bond donors (Lipinski definition) is 1. The van der Waals surface area contributed by atoms with E-state index in [2.05, 4.69) is 10.1 Å². The summed E-state index contributed by atoms with van der Waals surface area (Å²) in [5, 5.41) is 4.58.